The first kappa shape index (κ1) is 23.5. The summed E-state index contributed by atoms with van der Waals surface area (Å²) in [7, 11) is 0. The third-order valence-corrected chi connectivity index (χ3v) is 6.48. The van der Waals surface area contributed by atoms with Gasteiger partial charge in [-0.2, -0.15) is 0 Å². The molecule has 5 rings (SSSR count). The van der Waals surface area contributed by atoms with Gasteiger partial charge in [0.2, 0.25) is 5.95 Å². The van der Waals surface area contributed by atoms with Gasteiger partial charge < -0.3 is 9.88 Å². The summed E-state index contributed by atoms with van der Waals surface area (Å²) in [5, 5.41) is 7.71. The maximum absolute atomic E-state index is 14.9. The molecule has 0 saturated heterocycles. The molecule has 0 bridgehead atoms. The van der Waals surface area contributed by atoms with Crippen LogP contribution in [-0.2, 0) is 4.74 Å². The lowest BCUT2D eigenvalue weighted by atomic mass is 9.93. The van der Waals surface area contributed by atoms with Gasteiger partial charge in [0.15, 0.2) is 5.82 Å². The number of benzene rings is 1. The number of nitrogens with one attached hydrogen (secondary N) is 1. The Kier molecular flexibility index (Phi) is 5.90. The number of aromatic nitrogens is 5. The van der Waals surface area contributed by atoms with E-state index in [0.29, 0.717) is 48.2 Å². The summed E-state index contributed by atoms with van der Waals surface area (Å²) < 4.78 is 60.0. The minimum absolute atomic E-state index is 0.0355. The van der Waals surface area contributed by atoms with E-state index in [1.54, 1.807) is 16.9 Å². The number of anilines is 1. The van der Waals surface area contributed by atoms with Crippen LogP contribution in [0.1, 0.15) is 51.4 Å². The number of halogens is 4. The van der Waals surface area contributed by atoms with Crippen LogP contribution in [0.2, 0.25) is 0 Å². The summed E-state index contributed by atoms with van der Waals surface area (Å²) >= 11 is 0. The quantitative estimate of drug-likeness (QED) is 0.346. The SMILES string of the molecule is Cc1nc2c(F)cc(-c3ccn4nc(NC5CCC(OC(F)(F)F)CC5)ncc34)cc2n1C(C)C. The first-order chi connectivity index (χ1) is 16.6. The molecule has 0 radical (unpaired) electrons. The fourth-order valence-electron chi connectivity index (χ4n) is 4.98. The van der Waals surface area contributed by atoms with Crippen LogP contribution >= 0.6 is 0 Å². The number of rotatable bonds is 5. The van der Waals surface area contributed by atoms with Crippen molar-refractivity contribution in [2.45, 2.75) is 71.0 Å². The number of fused-ring (bicyclic) bond motifs is 2. The fraction of sp³-hybridized carbons (Fsp3) is 0.458. The normalized spacial score (nSPS) is 19.2. The molecule has 1 saturated carbocycles. The van der Waals surface area contributed by atoms with Crippen molar-refractivity contribution in [1.82, 2.24) is 24.1 Å². The zero-order valence-corrected chi connectivity index (χ0v) is 19.6. The molecule has 0 amide bonds. The van der Waals surface area contributed by atoms with Gasteiger partial charge >= 0.3 is 6.36 Å². The van der Waals surface area contributed by atoms with E-state index in [0.717, 1.165) is 16.9 Å². The van der Waals surface area contributed by atoms with E-state index >= 15 is 0 Å². The predicted octanol–water partition coefficient (Wildman–Crippen LogP) is 6.03. The number of hydrogen-bond acceptors (Lipinski definition) is 5. The van der Waals surface area contributed by atoms with Gasteiger partial charge in [-0.3, -0.25) is 4.74 Å². The van der Waals surface area contributed by atoms with Crippen molar-refractivity contribution in [2.75, 3.05) is 5.32 Å². The second-order valence-corrected chi connectivity index (χ2v) is 9.27. The van der Waals surface area contributed by atoms with Crippen molar-refractivity contribution in [3.05, 3.63) is 42.2 Å². The Labute approximate surface area is 199 Å². The van der Waals surface area contributed by atoms with E-state index in [-0.39, 0.29) is 17.9 Å². The lowest BCUT2D eigenvalue weighted by Crippen LogP contribution is -2.33. The van der Waals surface area contributed by atoms with E-state index in [1.807, 2.05) is 37.5 Å². The van der Waals surface area contributed by atoms with E-state index in [9.17, 15) is 17.6 Å². The largest absolute Gasteiger partial charge is 0.522 e. The topological polar surface area (TPSA) is 69.3 Å². The molecule has 7 nitrogen and oxygen atoms in total. The molecule has 1 fully saturated rings. The summed E-state index contributed by atoms with van der Waals surface area (Å²) in [5.41, 5.74) is 3.28. The lowest BCUT2D eigenvalue weighted by molar-refractivity contribution is -0.345. The van der Waals surface area contributed by atoms with Gasteiger partial charge in [-0.15, -0.1) is 18.3 Å². The molecule has 0 aliphatic heterocycles. The summed E-state index contributed by atoms with van der Waals surface area (Å²) in [5.74, 6) is 0.754. The second-order valence-electron chi connectivity index (χ2n) is 9.27. The summed E-state index contributed by atoms with van der Waals surface area (Å²) in [6.45, 7) is 5.93. The van der Waals surface area contributed by atoms with Crippen LogP contribution in [0.15, 0.2) is 30.6 Å². The van der Waals surface area contributed by atoms with Gasteiger partial charge in [-0.1, -0.05) is 0 Å². The average molecular weight is 491 g/mol. The highest BCUT2D eigenvalue weighted by molar-refractivity contribution is 5.88. The van der Waals surface area contributed by atoms with Gasteiger partial charge in [0.25, 0.3) is 0 Å². The van der Waals surface area contributed by atoms with Crippen molar-refractivity contribution < 1.29 is 22.3 Å². The van der Waals surface area contributed by atoms with Gasteiger partial charge in [-0.25, -0.2) is 18.9 Å². The molecule has 0 unspecified atom stereocenters. The molecule has 1 aliphatic rings. The minimum atomic E-state index is -4.61. The highest BCUT2D eigenvalue weighted by atomic mass is 19.4. The van der Waals surface area contributed by atoms with Gasteiger partial charge in [0.1, 0.15) is 11.3 Å². The van der Waals surface area contributed by atoms with Crippen LogP contribution < -0.4 is 5.32 Å². The fourth-order valence-corrected chi connectivity index (χ4v) is 4.98. The zero-order chi connectivity index (χ0) is 24.9. The Morgan fingerprint density at radius 2 is 1.86 bits per heavy atom. The third kappa shape index (κ3) is 4.69. The van der Waals surface area contributed by atoms with Gasteiger partial charge in [0, 0.05) is 23.8 Å². The Bertz CT molecular complexity index is 1370. The van der Waals surface area contributed by atoms with Crippen LogP contribution in [0.5, 0.6) is 0 Å². The average Bonchev–Trinajstić information content (AvgIpc) is 3.34. The standard InChI is InChI=1S/C24H26F4N6O/c1-13(2)34-14(3)30-22-19(25)10-15(11-20(22)34)18-8-9-33-21(18)12-29-23(32-33)31-16-4-6-17(7-5-16)35-24(26,27)28/h8-13,16-17H,4-7H2,1-3H3,(H,31,32). The number of nitrogens with zero attached hydrogens (tertiary/aromatic N) is 5. The number of alkyl halides is 3. The molecular formula is C24H26F4N6O. The number of imidazole rings is 1. The van der Waals surface area contributed by atoms with Crippen LogP contribution in [-0.4, -0.2) is 42.7 Å². The lowest BCUT2D eigenvalue weighted by Gasteiger charge is -2.29. The molecule has 0 spiro atoms. The van der Waals surface area contributed by atoms with E-state index in [4.69, 9.17) is 0 Å². The molecule has 35 heavy (non-hydrogen) atoms. The van der Waals surface area contributed by atoms with E-state index in [2.05, 4.69) is 25.1 Å². The van der Waals surface area contributed by atoms with Crippen LogP contribution in [0.25, 0.3) is 27.7 Å². The first-order valence-electron chi connectivity index (χ1n) is 11.6. The van der Waals surface area contributed by atoms with Crippen molar-refractivity contribution >= 4 is 22.5 Å². The smallest absolute Gasteiger partial charge is 0.350 e. The van der Waals surface area contributed by atoms with Crippen molar-refractivity contribution in [3.63, 3.8) is 0 Å². The molecular weight excluding hydrogens is 464 g/mol. The van der Waals surface area contributed by atoms with Crippen molar-refractivity contribution in [1.29, 1.82) is 0 Å². The summed E-state index contributed by atoms with van der Waals surface area (Å²) in [6.07, 6.45) is -0.290. The molecule has 11 heteroatoms. The molecule has 0 atom stereocenters. The first-order valence-corrected chi connectivity index (χ1v) is 11.6. The molecule has 3 aromatic heterocycles. The highest BCUT2D eigenvalue weighted by Crippen LogP contribution is 2.32. The zero-order valence-electron chi connectivity index (χ0n) is 19.6. The number of ether oxygens (including phenoxy) is 1. The maximum Gasteiger partial charge on any atom is 0.522 e. The molecule has 4 aromatic rings. The maximum atomic E-state index is 14.9. The Morgan fingerprint density at radius 3 is 2.54 bits per heavy atom. The Hall–Kier alpha value is -3.21. The van der Waals surface area contributed by atoms with Crippen LogP contribution in [0.4, 0.5) is 23.5 Å². The van der Waals surface area contributed by atoms with Crippen LogP contribution in [0.3, 0.4) is 0 Å². The Balaban J connectivity index is 1.37. The molecule has 1 aliphatic carbocycles. The predicted molar refractivity (Wildman–Crippen MR) is 124 cm³/mol. The highest BCUT2D eigenvalue weighted by Gasteiger charge is 2.35. The number of aryl methyl sites for hydroxylation is 1. The third-order valence-electron chi connectivity index (χ3n) is 6.48. The van der Waals surface area contributed by atoms with Crippen molar-refractivity contribution in [2.24, 2.45) is 0 Å². The molecule has 1 aromatic carbocycles. The van der Waals surface area contributed by atoms with Gasteiger partial charge in [-0.05, 0) is 70.2 Å². The monoisotopic (exact) mass is 490 g/mol. The van der Waals surface area contributed by atoms with Crippen molar-refractivity contribution in [3.8, 4) is 11.1 Å². The summed E-state index contributed by atoms with van der Waals surface area (Å²) in [6, 6.07) is 5.36. The summed E-state index contributed by atoms with van der Waals surface area (Å²) in [4.78, 5) is 8.80. The van der Waals surface area contributed by atoms with Crippen LogP contribution in [0, 0.1) is 12.7 Å². The minimum Gasteiger partial charge on any atom is -0.350 e. The molecule has 3 heterocycles. The second kappa shape index (κ2) is 8.78. The molecule has 1 N–H and O–H groups in total. The van der Waals surface area contributed by atoms with E-state index in [1.165, 1.54) is 6.07 Å². The Morgan fingerprint density at radius 1 is 1.11 bits per heavy atom. The van der Waals surface area contributed by atoms with E-state index < -0.39 is 12.5 Å². The van der Waals surface area contributed by atoms with Gasteiger partial charge in [0.05, 0.1) is 23.3 Å². The number of hydrogen-bond donors (Lipinski definition) is 1. The molecule has 186 valence electrons.